The first-order valence-corrected chi connectivity index (χ1v) is 7.26. The van der Waals surface area contributed by atoms with Gasteiger partial charge in [0.25, 0.3) is 0 Å². The van der Waals surface area contributed by atoms with Crippen LogP contribution in [0.15, 0.2) is 24.3 Å². The van der Waals surface area contributed by atoms with Gasteiger partial charge in [0.15, 0.2) is 0 Å². The topological polar surface area (TPSA) is 41.1 Å². The molecule has 0 radical (unpaired) electrons. The summed E-state index contributed by atoms with van der Waals surface area (Å²) < 4.78 is 12.9. The second-order valence-electron chi connectivity index (χ2n) is 5.36. The molecule has 0 heterocycles. The molecule has 0 aliphatic carbocycles. The molecule has 0 saturated heterocycles. The summed E-state index contributed by atoms with van der Waals surface area (Å²) in [5, 5.41) is 6.21. The summed E-state index contributed by atoms with van der Waals surface area (Å²) in [4.78, 5) is 12.0. The smallest absolute Gasteiger partial charge is 0.237 e. The normalized spacial score (nSPS) is 15.4. The van der Waals surface area contributed by atoms with Crippen LogP contribution < -0.4 is 10.6 Å². The number of carbonyl (C=O) groups is 1. The molecule has 1 aromatic rings. The van der Waals surface area contributed by atoms with Gasteiger partial charge in [-0.1, -0.05) is 25.5 Å². The van der Waals surface area contributed by atoms with Crippen molar-refractivity contribution in [1.82, 2.24) is 10.6 Å². The highest BCUT2D eigenvalue weighted by atomic mass is 19.1. The number of hydrogen-bond donors (Lipinski definition) is 2. The fourth-order valence-corrected chi connectivity index (χ4v) is 2.17. The molecule has 1 aromatic carbocycles. The Morgan fingerprint density at radius 2 is 1.80 bits per heavy atom. The molecule has 1 rings (SSSR count). The van der Waals surface area contributed by atoms with Gasteiger partial charge in [-0.15, -0.1) is 0 Å². The largest absolute Gasteiger partial charge is 0.352 e. The van der Waals surface area contributed by atoms with Crippen LogP contribution in [0.25, 0.3) is 0 Å². The van der Waals surface area contributed by atoms with E-state index >= 15 is 0 Å². The van der Waals surface area contributed by atoms with Crippen molar-refractivity contribution >= 4 is 5.91 Å². The predicted molar refractivity (Wildman–Crippen MR) is 79.9 cm³/mol. The first kappa shape index (κ1) is 16.6. The number of benzene rings is 1. The molecule has 0 bridgehead atoms. The number of hydrogen-bond acceptors (Lipinski definition) is 2. The Morgan fingerprint density at radius 3 is 2.35 bits per heavy atom. The minimum atomic E-state index is -0.283. The molecule has 0 aliphatic rings. The zero-order valence-electron chi connectivity index (χ0n) is 12.7. The summed E-state index contributed by atoms with van der Waals surface area (Å²) in [7, 11) is 0. The fourth-order valence-electron chi connectivity index (χ4n) is 2.17. The van der Waals surface area contributed by atoms with Crippen molar-refractivity contribution < 1.29 is 9.18 Å². The van der Waals surface area contributed by atoms with Crippen molar-refractivity contribution in [3.63, 3.8) is 0 Å². The van der Waals surface area contributed by atoms with Crippen LogP contribution in [-0.2, 0) is 4.79 Å². The Hall–Kier alpha value is -1.42. The second-order valence-corrected chi connectivity index (χ2v) is 5.36. The molecular formula is C16H25FN2O. The van der Waals surface area contributed by atoms with Gasteiger partial charge >= 0.3 is 0 Å². The Morgan fingerprint density at radius 1 is 1.20 bits per heavy atom. The van der Waals surface area contributed by atoms with Gasteiger partial charge in [0.2, 0.25) is 5.91 Å². The van der Waals surface area contributed by atoms with E-state index in [0.717, 1.165) is 18.4 Å². The van der Waals surface area contributed by atoms with Crippen molar-refractivity contribution in [2.24, 2.45) is 0 Å². The van der Waals surface area contributed by atoms with Gasteiger partial charge in [0.1, 0.15) is 5.82 Å². The van der Waals surface area contributed by atoms with E-state index in [1.165, 1.54) is 12.1 Å². The predicted octanol–water partition coefficient (Wildman–Crippen LogP) is 3.17. The molecule has 2 N–H and O–H groups in total. The number of amides is 1. The minimum absolute atomic E-state index is 0.0000818. The van der Waals surface area contributed by atoms with Crippen LogP contribution in [0.5, 0.6) is 0 Å². The van der Waals surface area contributed by atoms with Crippen LogP contribution in [0.3, 0.4) is 0 Å². The third kappa shape index (κ3) is 5.29. The zero-order valence-corrected chi connectivity index (χ0v) is 12.7. The monoisotopic (exact) mass is 280 g/mol. The summed E-state index contributed by atoms with van der Waals surface area (Å²) in [6.07, 6.45) is 2.03. The Bertz CT molecular complexity index is 419. The lowest BCUT2D eigenvalue weighted by atomic mass is 10.1. The molecule has 3 nitrogen and oxygen atoms in total. The SMILES string of the molecule is CCCC(C)NC(=O)C(C)N[C@@H](C)c1ccc(F)cc1. The Labute approximate surface area is 121 Å². The highest BCUT2D eigenvalue weighted by molar-refractivity contribution is 5.81. The maximum atomic E-state index is 12.9. The lowest BCUT2D eigenvalue weighted by molar-refractivity contribution is -0.123. The van der Waals surface area contributed by atoms with Gasteiger partial charge in [-0.2, -0.15) is 0 Å². The van der Waals surface area contributed by atoms with Gasteiger partial charge in [0.05, 0.1) is 6.04 Å². The molecule has 1 amide bonds. The molecule has 20 heavy (non-hydrogen) atoms. The summed E-state index contributed by atoms with van der Waals surface area (Å²) in [5.74, 6) is -0.250. The molecule has 112 valence electrons. The number of rotatable bonds is 7. The van der Waals surface area contributed by atoms with Crippen LogP contribution >= 0.6 is 0 Å². The van der Waals surface area contributed by atoms with E-state index in [1.54, 1.807) is 12.1 Å². The first-order valence-electron chi connectivity index (χ1n) is 7.26. The van der Waals surface area contributed by atoms with Gasteiger partial charge in [0, 0.05) is 12.1 Å². The van der Waals surface area contributed by atoms with Crippen molar-refractivity contribution in [2.45, 2.75) is 58.7 Å². The van der Waals surface area contributed by atoms with Gasteiger partial charge < -0.3 is 5.32 Å². The fraction of sp³-hybridized carbons (Fsp3) is 0.562. The average molecular weight is 280 g/mol. The zero-order chi connectivity index (χ0) is 15.1. The van der Waals surface area contributed by atoms with Crippen LogP contribution in [0, 0.1) is 5.82 Å². The molecule has 0 spiro atoms. The van der Waals surface area contributed by atoms with Gasteiger partial charge in [-0.05, 0) is 44.9 Å². The second kappa shape index (κ2) is 8.00. The first-order chi connectivity index (χ1) is 9.43. The highest BCUT2D eigenvalue weighted by Crippen LogP contribution is 2.13. The summed E-state index contributed by atoms with van der Waals surface area (Å²) in [5.41, 5.74) is 0.965. The summed E-state index contributed by atoms with van der Waals surface area (Å²) in [6.45, 7) is 7.92. The van der Waals surface area contributed by atoms with Crippen LogP contribution in [0.4, 0.5) is 4.39 Å². The van der Waals surface area contributed by atoms with E-state index in [1.807, 2.05) is 20.8 Å². The Kier molecular flexibility index (Phi) is 6.65. The quantitative estimate of drug-likeness (QED) is 0.805. The third-order valence-electron chi connectivity index (χ3n) is 3.37. The van der Waals surface area contributed by atoms with Gasteiger partial charge in [-0.25, -0.2) is 4.39 Å². The maximum absolute atomic E-state index is 12.9. The Balaban J connectivity index is 2.50. The van der Waals surface area contributed by atoms with Crippen LogP contribution in [0.2, 0.25) is 0 Å². The van der Waals surface area contributed by atoms with E-state index in [-0.39, 0.29) is 29.8 Å². The third-order valence-corrected chi connectivity index (χ3v) is 3.37. The molecule has 0 fully saturated rings. The standard InChI is InChI=1S/C16H25FN2O/c1-5-6-11(2)18-16(20)13(4)19-12(3)14-7-9-15(17)10-8-14/h7-13,19H,5-6H2,1-4H3,(H,18,20)/t11?,12-,13?/m0/s1. The van der Waals surface area contributed by atoms with E-state index < -0.39 is 0 Å². The lowest BCUT2D eigenvalue weighted by Gasteiger charge is -2.22. The van der Waals surface area contributed by atoms with E-state index in [0.29, 0.717) is 0 Å². The molecular weight excluding hydrogens is 255 g/mol. The highest BCUT2D eigenvalue weighted by Gasteiger charge is 2.17. The number of nitrogens with one attached hydrogen (secondary N) is 2. The van der Waals surface area contributed by atoms with E-state index in [2.05, 4.69) is 17.6 Å². The lowest BCUT2D eigenvalue weighted by Crippen LogP contribution is -2.46. The van der Waals surface area contributed by atoms with Crippen molar-refractivity contribution in [2.75, 3.05) is 0 Å². The number of halogens is 1. The summed E-state index contributed by atoms with van der Waals surface area (Å²) >= 11 is 0. The number of carbonyl (C=O) groups excluding carboxylic acids is 1. The molecule has 0 saturated carbocycles. The van der Waals surface area contributed by atoms with E-state index in [4.69, 9.17) is 0 Å². The molecule has 0 aliphatic heterocycles. The maximum Gasteiger partial charge on any atom is 0.237 e. The molecule has 3 atom stereocenters. The molecule has 0 aromatic heterocycles. The van der Waals surface area contributed by atoms with Crippen molar-refractivity contribution in [1.29, 1.82) is 0 Å². The summed E-state index contributed by atoms with van der Waals surface area (Å²) in [6, 6.07) is 6.24. The van der Waals surface area contributed by atoms with E-state index in [9.17, 15) is 9.18 Å². The van der Waals surface area contributed by atoms with Crippen molar-refractivity contribution in [3.8, 4) is 0 Å². The van der Waals surface area contributed by atoms with Gasteiger partial charge in [-0.3, -0.25) is 10.1 Å². The average Bonchev–Trinajstić information content (AvgIpc) is 2.39. The van der Waals surface area contributed by atoms with Crippen LogP contribution in [-0.4, -0.2) is 18.0 Å². The minimum Gasteiger partial charge on any atom is -0.352 e. The van der Waals surface area contributed by atoms with Crippen LogP contribution in [0.1, 0.15) is 52.1 Å². The van der Waals surface area contributed by atoms with Crippen molar-refractivity contribution in [3.05, 3.63) is 35.6 Å². The molecule has 2 unspecified atom stereocenters. The molecule has 4 heteroatoms.